The highest BCUT2D eigenvalue weighted by molar-refractivity contribution is 6.09. The fraction of sp³-hybridized carbons (Fsp3) is 0.421. The van der Waals surface area contributed by atoms with Gasteiger partial charge in [-0.2, -0.15) is 5.26 Å². The zero-order chi connectivity index (χ0) is 18.8. The molecule has 1 aromatic rings. The van der Waals surface area contributed by atoms with Crippen molar-refractivity contribution in [2.75, 3.05) is 38.2 Å². The summed E-state index contributed by atoms with van der Waals surface area (Å²) in [5.74, 6) is -1.06. The minimum absolute atomic E-state index is 0.0268. The molecule has 0 unspecified atom stereocenters. The van der Waals surface area contributed by atoms with Gasteiger partial charge in [-0.1, -0.05) is 25.5 Å². The van der Waals surface area contributed by atoms with Gasteiger partial charge in [-0.15, -0.1) is 0 Å². The van der Waals surface area contributed by atoms with Crippen molar-refractivity contribution in [3.63, 3.8) is 0 Å². The summed E-state index contributed by atoms with van der Waals surface area (Å²) in [6.07, 6.45) is 3.23. The molecule has 0 saturated carbocycles. The number of anilines is 1. The first kappa shape index (κ1) is 19.5. The van der Waals surface area contributed by atoms with Gasteiger partial charge in [0.1, 0.15) is 11.6 Å². The van der Waals surface area contributed by atoms with Crippen LogP contribution in [0.4, 0.5) is 5.69 Å². The molecule has 1 heterocycles. The van der Waals surface area contributed by atoms with Crippen LogP contribution in [0.25, 0.3) is 0 Å². The van der Waals surface area contributed by atoms with Crippen LogP contribution in [0, 0.1) is 11.3 Å². The van der Waals surface area contributed by atoms with Crippen molar-refractivity contribution in [2.45, 2.75) is 19.8 Å². The molecule has 26 heavy (non-hydrogen) atoms. The molecular formula is C19H23N3O4. The van der Waals surface area contributed by atoms with Gasteiger partial charge < -0.3 is 19.7 Å². The number of unbranched alkanes of at least 4 members (excludes halogenated alkanes) is 1. The number of esters is 1. The number of benzene rings is 1. The van der Waals surface area contributed by atoms with E-state index in [2.05, 4.69) is 5.32 Å². The van der Waals surface area contributed by atoms with E-state index in [1.165, 1.54) is 6.20 Å². The van der Waals surface area contributed by atoms with Crippen molar-refractivity contribution in [1.82, 2.24) is 4.90 Å². The summed E-state index contributed by atoms with van der Waals surface area (Å²) in [5.41, 5.74) is 0.559. The van der Waals surface area contributed by atoms with E-state index in [1.807, 2.05) is 17.9 Å². The van der Waals surface area contributed by atoms with Gasteiger partial charge in [-0.25, -0.2) is 4.79 Å². The highest BCUT2D eigenvalue weighted by Gasteiger charge is 2.18. The van der Waals surface area contributed by atoms with Crippen molar-refractivity contribution in [2.24, 2.45) is 0 Å². The molecule has 0 radical (unpaired) electrons. The second kappa shape index (κ2) is 10.2. The molecule has 1 aliphatic rings. The Balaban J connectivity index is 2.09. The van der Waals surface area contributed by atoms with Crippen molar-refractivity contribution in [3.8, 4) is 6.07 Å². The Morgan fingerprint density at radius 2 is 2.08 bits per heavy atom. The molecule has 7 nitrogen and oxygen atoms in total. The number of nitrogens with zero attached hydrogens (tertiary/aromatic N) is 2. The van der Waals surface area contributed by atoms with E-state index in [4.69, 9.17) is 9.47 Å². The number of ether oxygens (including phenoxy) is 2. The molecule has 0 atom stereocenters. The molecule has 0 spiro atoms. The van der Waals surface area contributed by atoms with E-state index in [0.29, 0.717) is 38.6 Å². The Morgan fingerprint density at radius 3 is 2.77 bits per heavy atom. The van der Waals surface area contributed by atoms with Crippen LogP contribution in [0.1, 0.15) is 30.1 Å². The fourth-order valence-electron chi connectivity index (χ4n) is 2.37. The van der Waals surface area contributed by atoms with Crippen molar-refractivity contribution >= 4 is 17.6 Å². The normalized spacial score (nSPS) is 14.5. The largest absolute Gasteiger partial charge is 0.462 e. The predicted octanol–water partition coefficient (Wildman–Crippen LogP) is 2.32. The number of nitriles is 1. The molecule has 2 rings (SSSR count). The molecule has 0 bridgehead atoms. The van der Waals surface area contributed by atoms with Crippen LogP contribution >= 0.6 is 0 Å². The quantitative estimate of drug-likeness (QED) is 0.348. The Morgan fingerprint density at radius 1 is 1.35 bits per heavy atom. The number of morpholine rings is 1. The number of hydrogen-bond acceptors (Lipinski definition) is 6. The maximum Gasteiger partial charge on any atom is 0.340 e. The monoisotopic (exact) mass is 357 g/mol. The molecule has 1 N–H and O–H groups in total. The summed E-state index contributed by atoms with van der Waals surface area (Å²) >= 11 is 0. The van der Waals surface area contributed by atoms with Crippen molar-refractivity contribution < 1.29 is 19.1 Å². The van der Waals surface area contributed by atoms with Gasteiger partial charge in [0, 0.05) is 19.3 Å². The first-order chi connectivity index (χ1) is 12.7. The zero-order valence-corrected chi connectivity index (χ0v) is 14.9. The van der Waals surface area contributed by atoms with Crippen molar-refractivity contribution in [3.05, 3.63) is 41.6 Å². The van der Waals surface area contributed by atoms with Crippen LogP contribution in [0.5, 0.6) is 0 Å². The molecule has 1 aromatic carbocycles. The van der Waals surface area contributed by atoms with Gasteiger partial charge >= 0.3 is 5.97 Å². The Kier molecular flexibility index (Phi) is 7.65. The molecule has 1 aliphatic heterocycles. The standard InChI is InChI=1S/C19H23N3O4/c1-2-3-10-26-19(24)16-6-4-5-7-17(16)21-18(23)15(13-20)14-22-8-11-25-12-9-22/h4-7,14H,2-3,8-12H2,1H3,(H,21,23)/b15-14-. The van der Waals surface area contributed by atoms with E-state index in [-0.39, 0.29) is 11.1 Å². The van der Waals surface area contributed by atoms with E-state index in [0.717, 1.165) is 12.8 Å². The average Bonchev–Trinajstić information content (AvgIpc) is 2.67. The Bertz CT molecular complexity index is 703. The van der Waals surface area contributed by atoms with Crippen LogP contribution in [0.3, 0.4) is 0 Å². The Hall–Kier alpha value is -2.85. The minimum Gasteiger partial charge on any atom is -0.462 e. The van der Waals surface area contributed by atoms with Gasteiger partial charge in [0.05, 0.1) is 31.1 Å². The lowest BCUT2D eigenvalue weighted by Crippen LogP contribution is -2.33. The summed E-state index contributed by atoms with van der Waals surface area (Å²) in [5, 5.41) is 11.9. The number of para-hydroxylation sites is 1. The maximum absolute atomic E-state index is 12.4. The number of hydrogen-bond donors (Lipinski definition) is 1. The van der Waals surface area contributed by atoms with Crippen LogP contribution in [0.2, 0.25) is 0 Å². The highest BCUT2D eigenvalue weighted by Crippen LogP contribution is 2.17. The van der Waals surface area contributed by atoms with Gasteiger partial charge in [0.2, 0.25) is 0 Å². The number of carbonyl (C=O) groups is 2. The highest BCUT2D eigenvalue weighted by atomic mass is 16.5. The predicted molar refractivity (Wildman–Crippen MR) is 96.4 cm³/mol. The number of carbonyl (C=O) groups excluding carboxylic acids is 2. The summed E-state index contributed by atoms with van der Waals surface area (Å²) in [6.45, 7) is 4.70. The maximum atomic E-state index is 12.4. The third-order valence-electron chi connectivity index (χ3n) is 3.85. The molecular weight excluding hydrogens is 334 g/mol. The molecule has 1 saturated heterocycles. The lowest BCUT2D eigenvalue weighted by atomic mass is 10.1. The van der Waals surface area contributed by atoms with Crippen LogP contribution in [-0.2, 0) is 14.3 Å². The summed E-state index contributed by atoms with van der Waals surface area (Å²) in [4.78, 5) is 26.5. The first-order valence-corrected chi connectivity index (χ1v) is 8.67. The molecule has 138 valence electrons. The van der Waals surface area contributed by atoms with E-state index in [1.54, 1.807) is 24.3 Å². The zero-order valence-electron chi connectivity index (χ0n) is 14.9. The summed E-state index contributed by atoms with van der Waals surface area (Å²) < 4.78 is 10.5. The lowest BCUT2D eigenvalue weighted by molar-refractivity contribution is -0.112. The third-order valence-corrected chi connectivity index (χ3v) is 3.85. The van der Waals surface area contributed by atoms with E-state index < -0.39 is 11.9 Å². The number of rotatable bonds is 7. The average molecular weight is 357 g/mol. The van der Waals surface area contributed by atoms with E-state index in [9.17, 15) is 14.9 Å². The van der Waals surface area contributed by atoms with Crippen LogP contribution < -0.4 is 5.32 Å². The molecule has 1 amide bonds. The second-order valence-corrected chi connectivity index (χ2v) is 5.79. The van der Waals surface area contributed by atoms with Gasteiger partial charge in [-0.3, -0.25) is 4.79 Å². The fourth-order valence-corrected chi connectivity index (χ4v) is 2.37. The topological polar surface area (TPSA) is 91.7 Å². The van der Waals surface area contributed by atoms with E-state index >= 15 is 0 Å². The molecule has 1 fully saturated rings. The summed E-state index contributed by atoms with van der Waals surface area (Å²) in [6, 6.07) is 8.50. The third kappa shape index (κ3) is 5.60. The molecule has 0 aliphatic carbocycles. The van der Waals surface area contributed by atoms with Crippen LogP contribution in [-0.4, -0.2) is 49.7 Å². The van der Waals surface area contributed by atoms with Gasteiger partial charge in [0.15, 0.2) is 0 Å². The Labute approximate surface area is 153 Å². The lowest BCUT2D eigenvalue weighted by Gasteiger charge is -2.25. The molecule has 0 aromatic heterocycles. The van der Waals surface area contributed by atoms with Crippen molar-refractivity contribution in [1.29, 1.82) is 5.26 Å². The van der Waals surface area contributed by atoms with Crippen LogP contribution in [0.15, 0.2) is 36.0 Å². The smallest absolute Gasteiger partial charge is 0.340 e. The first-order valence-electron chi connectivity index (χ1n) is 8.67. The molecule has 7 heteroatoms. The number of nitrogens with one attached hydrogen (secondary N) is 1. The van der Waals surface area contributed by atoms with Gasteiger partial charge in [-0.05, 0) is 18.6 Å². The number of amides is 1. The van der Waals surface area contributed by atoms with Gasteiger partial charge in [0.25, 0.3) is 5.91 Å². The SMILES string of the molecule is CCCCOC(=O)c1ccccc1NC(=O)/C(C#N)=C\N1CCOCC1. The summed E-state index contributed by atoms with van der Waals surface area (Å²) in [7, 11) is 0. The minimum atomic E-state index is -0.562. The second-order valence-electron chi connectivity index (χ2n) is 5.79.